The summed E-state index contributed by atoms with van der Waals surface area (Å²) in [6.07, 6.45) is 9.70. The summed E-state index contributed by atoms with van der Waals surface area (Å²) in [7, 11) is 0. The normalized spacial score (nSPS) is 37.8. The number of carbonyl (C=O) groups excluding carboxylic acids is 1. The first-order valence-corrected chi connectivity index (χ1v) is 9.40. The summed E-state index contributed by atoms with van der Waals surface area (Å²) in [5.74, 6) is 1.19. The predicted octanol–water partition coefficient (Wildman–Crippen LogP) is 2.49. The first-order chi connectivity index (χ1) is 11.9. The minimum Gasteiger partial charge on any atom is -0.390 e. The molecule has 4 bridgehead atoms. The number of nitrogens with zero attached hydrogens (tertiary/aromatic N) is 1. The van der Waals surface area contributed by atoms with Crippen LogP contribution in [0, 0.1) is 17.8 Å². The van der Waals surface area contributed by atoms with Crippen molar-refractivity contribution in [2.45, 2.75) is 57.1 Å². The first-order valence-electron chi connectivity index (χ1n) is 9.40. The van der Waals surface area contributed by atoms with Gasteiger partial charge in [-0.1, -0.05) is 11.6 Å². The van der Waals surface area contributed by atoms with Gasteiger partial charge in [0.2, 0.25) is 0 Å². The SMILES string of the molecule is CC1=Cc2c(ncc(C(N)=O)c2NC2[C@@H]3CC4C[C@H]2CC(O)(C4)C3)C1. The van der Waals surface area contributed by atoms with E-state index in [1.54, 1.807) is 6.20 Å². The van der Waals surface area contributed by atoms with Gasteiger partial charge in [0.15, 0.2) is 0 Å². The predicted molar refractivity (Wildman–Crippen MR) is 96.0 cm³/mol. The lowest BCUT2D eigenvalue weighted by Crippen LogP contribution is -2.59. The third kappa shape index (κ3) is 2.32. The van der Waals surface area contributed by atoms with Crippen molar-refractivity contribution in [2.24, 2.45) is 23.5 Å². The third-order valence-corrected chi connectivity index (χ3v) is 6.85. The molecule has 6 rings (SSSR count). The van der Waals surface area contributed by atoms with Gasteiger partial charge in [0.05, 0.1) is 22.5 Å². The molecule has 4 N–H and O–H groups in total. The van der Waals surface area contributed by atoms with Crippen molar-refractivity contribution in [1.29, 1.82) is 0 Å². The van der Waals surface area contributed by atoms with Gasteiger partial charge in [-0.3, -0.25) is 9.78 Å². The molecule has 132 valence electrons. The van der Waals surface area contributed by atoms with Crippen LogP contribution in [0.25, 0.3) is 6.08 Å². The van der Waals surface area contributed by atoms with Crippen molar-refractivity contribution in [2.75, 3.05) is 5.32 Å². The van der Waals surface area contributed by atoms with E-state index in [4.69, 9.17) is 5.73 Å². The van der Waals surface area contributed by atoms with Crippen LogP contribution in [-0.2, 0) is 6.42 Å². The largest absolute Gasteiger partial charge is 0.390 e. The molecule has 1 aromatic heterocycles. The summed E-state index contributed by atoms with van der Waals surface area (Å²) >= 11 is 0. The Bertz CT molecular complexity index is 784. The number of anilines is 1. The summed E-state index contributed by atoms with van der Waals surface area (Å²) in [5.41, 5.74) is 9.84. The molecule has 4 saturated carbocycles. The number of aliphatic hydroxyl groups is 1. The Kier molecular flexibility index (Phi) is 3.12. The number of primary amides is 1. The molecule has 25 heavy (non-hydrogen) atoms. The average molecular weight is 339 g/mol. The summed E-state index contributed by atoms with van der Waals surface area (Å²) in [6, 6.07) is 0.315. The highest BCUT2D eigenvalue weighted by Crippen LogP contribution is 2.56. The fourth-order valence-electron chi connectivity index (χ4n) is 6.15. The summed E-state index contributed by atoms with van der Waals surface area (Å²) in [6.45, 7) is 2.09. The molecule has 1 aromatic rings. The Morgan fingerprint density at radius 1 is 1.32 bits per heavy atom. The number of carbonyl (C=O) groups is 1. The van der Waals surface area contributed by atoms with Crippen LogP contribution < -0.4 is 11.1 Å². The maximum Gasteiger partial charge on any atom is 0.252 e. The minimum absolute atomic E-state index is 0.315. The van der Waals surface area contributed by atoms with E-state index in [0.29, 0.717) is 29.4 Å². The zero-order valence-electron chi connectivity index (χ0n) is 14.6. The van der Waals surface area contributed by atoms with E-state index in [1.807, 2.05) is 0 Å². The summed E-state index contributed by atoms with van der Waals surface area (Å²) in [5, 5.41) is 14.5. The van der Waals surface area contributed by atoms with Crippen molar-refractivity contribution in [3.63, 3.8) is 0 Å². The van der Waals surface area contributed by atoms with Crippen molar-refractivity contribution < 1.29 is 9.90 Å². The van der Waals surface area contributed by atoms with Gasteiger partial charge in [0, 0.05) is 24.2 Å². The lowest BCUT2D eigenvalue weighted by atomic mass is 9.52. The summed E-state index contributed by atoms with van der Waals surface area (Å²) < 4.78 is 0. The Morgan fingerprint density at radius 3 is 2.68 bits per heavy atom. The van der Waals surface area contributed by atoms with Gasteiger partial charge in [-0.2, -0.15) is 0 Å². The monoisotopic (exact) mass is 339 g/mol. The standard InChI is InChI=1S/C20H25N3O2/c1-10-2-14-16(3-10)22-9-15(19(21)24)18(14)23-17-12-4-11-5-13(17)8-20(25,6-11)7-12/h2,9,11-13,17,25H,3-8H2,1H3,(H2,21,24)(H,22,23)/t11?,12-,13+,17?,20?. The van der Waals surface area contributed by atoms with Crippen LogP contribution in [0.1, 0.15) is 60.6 Å². The fourth-order valence-corrected chi connectivity index (χ4v) is 6.15. The number of fused-ring (bicyclic) bond motifs is 1. The highest BCUT2D eigenvalue weighted by atomic mass is 16.3. The lowest BCUT2D eigenvalue weighted by molar-refractivity contribution is -0.129. The van der Waals surface area contributed by atoms with Crippen molar-refractivity contribution in [3.8, 4) is 0 Å². The average Bonchev–Trinajstić information content (AvgIpc) is 2.89. The molecule has 5 atom stereocenters. The van der Waals surface area contributed by atoms with E-state index in [1.165, 1.54) is 18.4 Å². The number of rotatable bonds is 3. The lowest BCUT2D eigenvalue weighted by Gasteiger charge is -2.58. The molecule has 0 aromatic carbocycles. The second kappa shape index (κ2) is 5.07. The molecule has 0 radical (unpaired) electrons. The molecule has 0 saturated heterocycles. The van der Waals surface area contributed by atoms with E-state index in [9.17, 15) is 9.90 Å². The highest BCUT2D eigenvalue weighted by Gasteiger charge is 2.54. The molecule has 5 nitrogen and oxygen atoms in total. The zero-order chi connectivity index (χ0) is 17.3. The Hall–Kier alpha value is -1.88. The number of nitrogens with one attached hydrogen (secondary N) is 1. The Labute approximate surface area is 147 Å². The number of amides is 1. The number of allylic oxidation sites excluding steroid dienone is 1. The van der Waals surface area contributed by atoms with Gasteiger partial charge in [0.1, 0.15) is 0 Å². The molecule has 1 heterocycles. The quantitative estimate of drug-likeness (QED) is 0.789. The molecular formula is C20H25N3O2. The van der Waals surface area contributed by atoms with Crippen LogP contribution in [0.5, 0.6) is 0 Å². The molecule has 1 amide bonds. The van der Waals surface area contributed by atoms with E-state index < -0.39 is 11.5 Å². The number of nitrogens with two attached hydrogens (primary N) is 1. The molecule has 5 heteroatoms. The summed E-state index contributed by atoms with van der Waals surface area (Å²) in [4.78, 5) is 16.4. The van der Waals surface area contributed by atoms with Crippen LogP contribution in [0.2, 0.25) is 0 Å². The van der Waals surface area contributed by atoms with Gasteiger partial charge in [-0.25, -0.2) is 0 Å². The van der Waals surface area contributed by atoms with Crippen molar-refractivity contribution in [1.82, 2.24) is 4.98 Å². The van der Waals surface area contributed by atoms with E-state index in [-0.39, 0.29) is 0 Å². The highest BCUT2D eigenvalue weighted by molar-refractivity contribution is 6.00. The van der Waals surface area contributed by atoms with E-state index >= 15 is 0 Å². The maximum absolute atomic E-state index is 12.0. The van der Waals surface area contributed by atoms with Gasteiger partial charge in [0.25, 0.3) is 5.91 Å². The third-order valence-electron chi connectivity index (χ3n) is 6.85. The number of hydrogen-bond acceptors (Lipinski definition) is 4. The van der Waals surface area contributed by atoms with Crippen LogP contribution in [-0.4, -0.2) is 27.6 Å². The van der Waals surface area contributed by atoms with Crippen LogP contribution in [0.4, 0.5) is 5.69 Å². The molecule has 0 spiro atoms. The van der Waals surface area contributed by atoms with Crippen molar-refractivity contribution in [3.05, 3.63) is 28.6 Å². The number of hydrogen-bond donors (Lipinski definition) is 3. The van der Waals surface area contributed by atoms with E-state index in [0.717, 1.165) is 42.6 Å². The smallest absolute Gasteiger partial charge is 0.252 e. The van der Waals surface area contributed by atoms with Gasteiger partial charge < -0.3 is 16.2 Å². The van der Waals surface area contributed by atoms with Gasteiger partial charge >= 0.3 is 0 Å². The zero-order valence-corrected chi connectivity index (χ0v) is 14.6. The molecule has 5 aliphatic carbocycles. The molecule has 0 aliphatic heterocycles. The second-order valence-corrected chi connectivity index (χ2v) is 8.80. The first kappa shape index (κ1) is 15.4. The van der Waals surface area contributed by atoms with Crippen molar-refractivity contribution >= 4 is 17.7 Å². The maximum atomic E-state index is 12.0. The van der Waals surface area contributed by atoms with E-state index in [2.05, 4.69) is 23.3 Å². The Morgan fingerprint density at radius 2 is 2.04 bits per heavy atom. The minimum atomic E-state index is -0.447. The van der Waals surface area contributed by atoms with Gasteiger partial charge in [-0.05, 0) is 56.8 Å². The van der Waals surface area contributed by atoms with Crippen LogP contribution >= 0.6 is 0 Å². The molecule has 4 fully saturated rings. The number of pyridine rings is 1. The Balaban J connectivity index is 1.53. The topological polar surface area (TPSA) is 88.2 Å². The molecule has 3 unspecified atom stereocenters. The number of aromatic nitrogens is 1. The molecular weight excluding hydrogens is 314 g/mol. The van der Waals surface area contributed by atoms with Gasteiger partial charge in [-0.15, -0.1) is 0 Å². The fraction of sp³-hybridized carbons (Fsp3) is 0.600. The van der Waals surface area contributed by atoms with Crippen LogP contribution in [0.3, 0.4) is 0 Å². The molecule has 5 aliphatic rings. The second-order valence-electron chi connectivity index (χ2n) is 8.80. The van der Waals surface area contributed by atoms with Crippen LogP contribution in [0.15, 0.2) is 11.8 Å².